The Morgan fingerprint density at radius 3 is 2.35 bits per heavy atom. The molecule has 1 fully saturated rings. The van der Waals surface area contributed by atoms with Gasteiger partial charge in [-0.25, -0.2) is 8.78 Å². The van der Waals surface area contributed by atoms with E-state index in [1.54, 1.807) is 0 Å². The molecule has 0 saturated heterocycles. The quantitative estimate of drug-likeness (QED) is 0.814. The third-order valence-electron chi connectivity index (χ3n) is 3.03. The van der Waals surface area contributed by atoms with E-state index >= 15 is 0 Å². The molecule has 1 aromatic rings. The molecule has 1 aliphatic rings. The monoisotopic (exact) mass is 256 g/mol. The van der Waals surface area contributed by atoms with Crippen molar-refractivity contribution in [2.45, 2.75) is 25.8 Å². The van der Waals surface area contributed by atoms with Crippen molar-refractivity contribution in [3.63, 3.8) is 0 Å². The Labute approximate surface area is 104 Å². The zero-order valence-corrected chi connectivity index (χ0v) is 10.3. The normalized spacial score (nSPS) is 16.6. The molecular weight excluding hydrogens is 242 g/mol. The highest BCUT2D eigenvalue weighted by Crippen LogP contribution is 2.34. The largest absolute Gasteiger partial charge is 0.389 e. The lowest BCUT2D eigenvalue weighted by Gasteiger charge is -2.16. The average molecular weight is 256 g/mol. The van der Waals surface area contributed by atoms with Gasteiger partial charge in [0.1, 0.15) is 22.3 Å². The first-order chi connectivity index (χ1) is 7.99. The Balaban J connectivity index is 2.24. The summed E-state index contributed by atoms with van der Waals surface area (Å²) in [4.78, 5) is -0.00964. The predicted molar refractivity (Wildman–Crippen MR) is 68.1 cm³/mol. The number of nitrogens with one attached hydrogen (secondary N) is 1. The number of hydrogen-bond donors (Lipinski definition) is 2. The van der Waals surface area contributed by atoms with Gasteiger partial charge in [-0.05, 0) is 37.8 Å². The van der Waals surface area contributed by atoms with Crippen molar-refractivity contribution >= 4 is 22.9 Å². The van der Waals surface area contributed by atoms with E-state index in [1.807, 2.05) is 6.92 Å². The van der Waals surface area contributed by atoms with Crippen molar-refractivity contribution in [2.24, 2.45) is 11.7 Å². The molecule has 1 saturated carbocycles. The Morgan fingerprint density at radius 2 is 1.94 bits per heavy atom. The topological polar surface area (TPSA) is 38.0 Å². The number of halogens is 2. The van der Waals surface area contributed by atoms with Gasteiger partial charge in [0.15, 0.2) is 0 Å². The molecule has 2 rings (SSSR count). The minimum Gasteiger partial charge on any atom is -0.389 e. The number of rotatable bonds is 4. The summed E-state index contributed by atoms with van der Waals surface area (Å²) in [6.45, 7) is 1.93. The SMILES string of the molecule is CC(Nc1c(F)cc(C(N)=S)cc1F)C1CC1. The Bertz CT molecular complexity index is 435. The number of anilines is 1. The van der Waals surface area contributed by atoms with E-state index in [0.29, 0.717) is 5.92 Å². The smallest absolute Gasteiger partial charge is 0.150 e. The minimum absolute atomic E-state index is 0.00964. The van der Waals surface area contributed by atoms with Crippen LogP contribution >= 0.6 is 12.2 Å². The van der Waals surface area contributed by atoms with Crippen LogP contribution < -0.4 is 11.1 Å². The van der Waals surface area contributed by atoms with E-state index in [-0.39, 0.29) is 22.3 Å². The standard InChI is InChI=1S/C12H14F2N2S/c1-6(7-2-3-7)16-11-9(13)4-8(12(15)17)5-10(11)14/h4-7,16H,2-3H2,1H3,(H2,15,17). The lowest BCUT2D eigenvalue weighted by Crippen LogP contribution is -2.20. The maximum Gasteiger partial charge on any atom is 0.150 e. The van der Waals surface area contributed by atoms with E-state index in [0.717, 1.165) is 25.0 Å². The van der Waals surface area contributed by atoms with Crippen LogP contribution in [-0.2, 0) is 0 Å². The van der Waals surface area contributed by atoms with E-state index in [1.165, 1.54) is 0 Å². The maximum absolute atomic E-state index is 13.7. The zero-order valence-electron chi connectivity index (χ0n) is 9.47. The molecule has 0 aliphatic heterocycles. The second-order valence-corrected chi connectivity index (χ2v) is 4.89. The maximum atomic E-state index is 13.7. The number of thiocarbonyl (C=S) groups is 1. The fourth-order valence-corrected chi connectivity index (χ4v) is 1.91. The fraction of sp³-hybridized carbons (Fsp3) is 0.417. The molecule has 0 aromatic heterocycles. The third kappa shape index (κ3) is 2.72. The van der Waals surface area contributed by atoms with Crippen LogP contribution in [0.2, 0.25) is 0 Å². The van der Waals surface area contributed by atoms with Gasteiger partial charge >= 0.3 is 0 Å². The van der Waals surface area contributed by atoms with Gasteiger partial charge in [-0.1, -0.05) is 12.2 Å². The molecule has 92 valence electrons. The van der Waals surface area contributed by atoms with Crippen LogP contribution in [0, 0.1) is 17.6 Å². The molecule has 2 nitrogen and oxygen atoms in total. The van der Waals surface area contributed by atoms with Crippen LogP contribution in [-0.4, -0.2) is 11.0 Å². The summed E-state index contributed by atoms with van der Waals surface area (Å²) in [6, 6.07) is 2.40. The molecule has 1 unspecified atom stereocenters. The van der Waals surface area contributed by atoms with Gasteiger partial charge in [0.2, 0.25) is 0 Å². The van der Waals surface area contributed by atoms with Gasteiger partial charge in [-0.2, -0.15) is 0 Å². The van der Waals surface area contributed by atoms with E-state index in [2.05, 4.69) is 17.5 Å². The summed E-state index contributed by atoms with van der Waals surface area (Å²) in [7, 11) is 0. The number of nitrogens with two attached hydrogens (primary N) is 1. The van der Waals surface area contributed by atoms with Gasteiger partial charge in [-0.3, -0.25) is 0 Å². The van der Waals surface area contributed by atoms with E-state index in [9.17, 15) is 8.78 Å². The van der Waals surface area contributed by atoms with Crippen molar-refractivity contribution < 1.29 is 8.78 Å². The minimum atomic E-state index is -0.652. The molecule has 0 bridgehead atoms. The van der Waals surface area contributed by atoms with Crippen molar-refractivity contribution in [1.82, 2.24) is 0 Å². The highest BCUT2D eigenvalue weighted by molar-refractivity contribution is 7.80. The molecule has 1 aromatic carbocycles. The number of hydrogen-bond acceptors (Lipinski definition) is 2. The van der Waals surface area contributed by atoms with Gasteiger partial charge < -0.3 is 11.1 Å². The van der Waals surface area contributed by atoms with Crippen molar-refractivity contribution in [3.8, 4) is 0 Å². The molecule has 5 heteroatoms. The molecule has 0 radical (unpaired) electrons. The van der Waals surface area contributed by atoms with Crippen molar-refractivity contribution in [3.05, 3.63) is 29.3 Å². The van der Waals surface area contributed by atoms with Gasteiger partial charge in [0, 0.05) is 11.6 Å². The van der Waals surface area contributed by atoms with E-state index < -0.39 is 11.6 Å². The highest BCUT2D eigenvalue weighted by atomic mass is 32.1. The van der Waals surface area contributed by atoms with Crippen LogP contribution in [0.3, 0.4) is 0 Å². The first kappa shape index (κ1) is 12.2. The van der Waals surface area contributed by atoms with Crippen LogP contribution in [0.15, 0.2) is 12.1 Å². The van der Waals surface area contributed by atoms with Crippen LogP contribution in [0.5, 0.6) is 0 Å². The van der Waals surface area contributed by atoms with Gasteiger partial charge in [0.05, 0.1) is 0 Å². The van der Waals surface area contributed by atoms with Crippen LogP contribution in [0.1, 0.15) is 25.3 Å². The summed E-state index contributed by atoms with van der Waals surface area (Å²) < 4.78 is 27.4. The Hall–Kier alpha value is -1.23. The molecule has 17 heavy (non-hydrogen) atoms. The first-order valence-electron chi connectivity index (χ1n) is 5.54. The first-order valence-corrected chi connectivity index (χ1v) is 5.95. The van der Waals surface area contributed by atoms with Crippen molar-refractivity contribution in [1.29, 1.82) is 0 Å². The Kier molecular flexibility index (Phi) is 3.28. The van der Waals surface area contributed by atoms with Crippen LogP contribution in [0.4, 0.5) is 14.5 Å². The molecule has 0 spiro atoms. The van der Waals surface area contributed by atoms with Crippen molar-refractivity contribution in [2.75, 3.05) is 5.32 Å². The molecule has 3 N–H and O–H groups in total. The van der Waals surface area contributed by atoms with Gasteiger partial charge in [-0.15, -0.1) is 0 Å². The second kappa shape index (κ2) is 4.56. The second-order valence-electron chi connectivity index (χ2n) is 4.45. The zero-order chi connectivity index (χ0) is 12.6. The summed E-state index contributed by atoms with van der Waals surface area (Å²) >= 11 is 4.69. The molecule has 1 atom stereocenters. The molecule has 0 amide bonds. The predicted octanol–water partition coefficient (Wildman–Crippen LogP) is 2.81. The van der Waals surface area contributed by atoms with Gasteiger partial charge in [0.25, 0.3) is 0 Å². The van der Waals surface area contributed by atoms with Crippen LogP contribution in [0.25, 0.3) is 0 Å². The average Bonchev–Trinajstić information content (AvgIpc) is 3.06. The Morgan fingerprint density at radius 1 is 1.41 bits per heavy atom. The number of benzene rings is 1. The van der Waals surface area contributed by atoms with E-state index in [4.69, 9.17) is 5.73 Å². The highest BCUT2D eigenvalue weighted by Gasteiger charge is 2.29. The molecule has 0 heterocycles. The molecular formula is C12H14F2N2S. The molecule has 1 aliphatic carbocycles. The third-order valence-corrected chi connectivity index (χ3v) is 3.26. The summed E-state index contributed by atoms with van der Waals surface area (Å²) in [5.41, 5.74) is 5.45. The summed E-state index contributed by atoms with van der Waals surface area (Å²) in [6.07, 6.45) is 2.23. The summed E-state index contributed by atoms with van der Waals surface area (Å²) in [5.74, 6) is -0.787. The lowest BCUT2D eigenvalue weighted by molar-refractivity contribution is 0.577. The fourth-order valence-electron chi connectivity index (χ4n) is 1.80. The lowest BCUT2D eigenvalue weighted by atomic mass is 10.1. The summed E-state index contributed by atoms with van der Waals surface area (Å²) in [5, 5.41) is 2.87.